The van der Waals surface area contributed by atoms with Crippen LogP contribution in [0.5, 0.6) is 5.75 Å². The molecule has 0 fully saturated rings. The molecular formula is C16H14FN3O3. The number of methoxy groups -OCH3 is 1. The third kappa shape index (κ3) is 3.39. The Hall–Kier alpha value is -3.09. The Morgan fingerprint density at radius 3 is 2.91 bits per heavy atom. The smallest absolute Gasteiger partial charge is 0.267 e. The first-order valence-electron chi connectivity index (χ1n) is 6.86. The first-order valence-corrected chi connectivity index (χ1v) is 6.86. The number of hydrogen-bond acceptors (Lipinski definition) is 5. The maximum atomic E-state index is 13.1. The zero-order chi connectivity index (χ0) is 16.2. The van der Waals surface area contributed by atoms with Gasteiger partial charge in [0.05, 0.1) is 7.11 Å². The Bertz CT molecular complexity index is 764. The van der Waals surface area contributed by atoms with Crippen molar-refractivity contribution in [2.45, 2.75) is 6.35 Å². The Labute approximate surface area is 131 Å². The highest BCUT2D eigenvalue weighted by atomic mass is 19.1. The Morgan fingerprint density at radius 1 is 1.30 bits per heavy atom. The summed E-state index contributed by atoms with van der Waals surface area (Å²) in [5.74, 6) is 0.0462. The molecule has 1 unspecified atom stereocenters. The van der Waals surface area contributed by atoms with Crippen LogP contribution in [0.1, 0.15) is 15.9 Å². The summed E-state index contributed by atoms with van der Waals surface area (Å²) in [7, 11) is 1.57. The normalized spacial score (nSPS) is 16.1. The molecule has 1 aliphatic heterocycles. The van der Waals surface area contributed by atoms with E-state index >= 15 is 0 Å². The van der Waals surface area contributed by atoms with Gasteiger partial charge >= 0.3 is 0 Å². The molecular weight excluding hydrogens is 301 g/mol. The molecule has 0 saturated carbocycles. The minimum absolute atomic E-state index is 0.199. The molecule has 0 aromatic heterocycles. The zero-order valence-electron chi connectivity index (χ0n) is 12.2. The summed E-state index contributed by atoms with van der Waals surface area (Å²) >= 11 is 0. The van der Waals surface area contributed by atoms with Crippen LogP contribution in [0.2, 0.25) is 0 Å². The second kappa shape index (κ2) is 6.35. The van der Waals surface area contributed by atoms with Gasteiger partial charge in [0.25, 0.3) is 12.3 Å². The fraction of sp³-hybridized carbons (Fsp3) is 0.125. The van der Waals surface area contributed by atoms with Gasteiger partial charge in [-0.3, -0.25) is 15.5 Å². The highest BCUT2D eigenvalue weighted by Crippen LogP contribution is 2.16. The summed E-state index contributed by atoms with van der Waals surface area (Å²) in [6.07, 6.45) is -0.827. The van der Waals surface area contributed by atoms with E-state index in [0.29, 0.717) is 17.2 Å². The van der Waals surface area contributed by atoms with E-state index in [1.807, 2.05) is 0 Å². The van der Waals surface area contributed by atoms with Crippen molar-refractivity contribution >= 4 is 11.8 Å². The summed E-state index contributed by atoms with van der Waals surface area (Å²) in [5, 5.41) is 6.59. The van der Waals surface area contributed by atoms with Crippen molar-refractivity contribution < 1.29 is 18.7 Å². The van der Waals surface area contributed by atoms with Gasteiger partial charge in [-0.2, -0.15) is 0 Å². The maximum Gasteiger partial charge on any atom is 0.267 e. The Kier molecular flexibility index (Phi) is 4.09. The lowest BCUT2D eigenvalue weighted by Gasteiger charge is -2.13. The van der Waals surface area contributed by atoms with Crippen LogP contribution in [0.3, 0.4) is 0 Å². The average molecular weight is 315 g/mol. The molecule has 0 spiro atoms. The Morgan fingerprint density at radius 2 is 2.13 bits per heavy atom. The van der Waals surface area contributed by atoms with Gasteiger partial charge in [-0.1, -0.05) is 12.1 Å². The summed E-state index contributed by atoms with van der Waals surface area (Å²) < 4.78 is 23.8. The third-order valence-corrected chi connectivity index (χ3v) is 3.18. The number of nitrogens with one attached hydrogen (secondary N) is 2. The number of ether oxygens (including phenoxy) is 2. The lowest BCUT2D eigenvalue weighted by molar-refractivity contribution is 0.0801. The van der Waals surface area contributed by atoms with Crippen molar-refractivity contribution in [1.82, 2.24) is 10.7 Å². The van der Waals surface area contributed by atoms with Gasteiger partial charge < -0.3 is 9.47 Å². The number of hydrogen-bond donors (Lipinski definition) is 2. The lowest BCUT2D eigenvalue weighted by Crippen LogP contribution is -2.42. The number of rotatable bonds is 4. The maximum absolute atomic E-state index is 13.1. The standard InChI is InChI=1S/C16H14FN3O3/c1-22-13-7-3-5-11(9-13)15-19-20-16(23-15)18-14(21)10-4-2-6-12(17)8-10/h2-9,16,20H,1H3,(H,18,21). The van der Waals surface area contributed by atoms with Gasteiger partial charge in [0.1, 0.15) is 11.6 Å². The van der Waals surface area contributed by atoms with Gasteiger partial charge in [-0.15, -0.1) is 5.10 Å². The zero-order valence-corrected chi connectivity index (χ0v) is 12.2. The molecule has 23 heavy (non-hydrogen) atoms. The minimum atomic E-state index is -0.827. The predicted molar refractivity (Wildman–Crippen MR) is 81.4 cm³/mol. The SMILES string of the molecule is COc1cccc(C2=NNC(NC(=O)c3cccc(F)c3)O2)c1. The van der Waals surface area contributed by atoms with E-state index in [1.54, 1.807) is 31.4 Å². The van der Waals surface area contributed by atoms with Gasteiger partial charge in [-0.25, -0.2) is 4.39 Å². The first-order chi connectivity index (χ1) is 11.2. The van der Waals surface area contributed by atoms with E-state index in [1.165, 1.54) is 18.2 Å². The fourth-order valence-corrected chi connectivity index (χ4v) is 2.06. The molecule has 1 atom stereocenters. The van der Waals surface area contributed by atoms with E-state index in [0.717, 1.165) is 6.07 Å². The largest absolute Gasteiger partial charge is 0.497 e. The summed E-state index contributed by atoms with van der Waals surface area (Å²) in [4.78, 5) is 12.0. The topological polar surface area (TPSA) is 72.0 Å². The van der Waals surface area contributed by atoms with Gasteiger partial charge in [-0.05, 0) is 36.4 Å². The van der Waals surface area contributed by atoms with Crippen molar-refractivity contribution in [3.05, 3.63) is 65.5 Å². The number of hydrazone groups is 1. The minimum Gasteiger partial charge on any atom is -0.497 e. The van der Waals surface area contributed by atoms with Crippen molar-refractivity contribution in [3.63, 3.8) is 0 Å². The second-order valence-electron chi connectivity index (χ2n) is 4.76. The monoisotopic (exact) mass is 315 g/mol. The molecule has 1 amide bonds. The summed E-state index contributed by atoms with van der Waals surface area (Å²) in [5.41, 5.74) is 3.56. The molecule has 0 radical (unpaired) electrons. The van der Waals surface area contributed by atoms with Gasteiger partial charge in [0.15, 0.2) is 0 Å². The fourth-order valence-electron chi connectivity index (χ4n) is 2.06. The second-order valence-corrected chi connectivity index (χ2v) is 4.76. The van der Waals surface area contributed by atoms with E-state index in [2.05, 4.69) is 15.8 Å². The molecule has 2 aromatic rings. The number of benzene rings is 2. The van der Waals surface area contributed by atoms with Crippen molar-refractivity contribution in [2.75, 3.05) is 7.11 Å². The van der Waals surface area contributed by atoms with Crippen LogP contribution in [0, 0.1) is 5.82 Å². The number of carbonyl (C=O) groups excluding carboxylic acids is 1. The molecule has 1 heterocycles. The van der Waals surface area contributed by atoms with E-state index in [9.17, 15) is 9.18 Å². The van der Waals surface area contributed by atoms with Crippen LogP contribution in [0.25, 0.3) is 0 Å². The predicted octanol–water partition coefficient (Wildman–Crippen LogP) is 1.83. The van der Waals surface area contributed by atoms with Crippen LogP contribution < -0.4 is 15.5 Å². The lowest BCUT2D eigenvalue weighted by atomic mass is 10.2. The average Bonchev–Trinajstić information content (AvgIpc) is 3.03. The molecule has 0 aliphatic carbocycles. The molecule has 0 bridgehead atoms. The molecule has 2 N–H and O–H groups in total. The van der Waals surface area contributed by atoms with E-state index < -0.39 is 18.1 Å². The van der Waals surface area contributed by atoms with Gasteiger partial charge in [0, 0.05) is 11.1 Å². The molecule has 2 aromatic carbocycles. The molecule has 6 nitrogen and oxygen atoms in total. The number of halogens is 1. The quantitative estimate of drug-likeness (QED) is 0.903. The van der Waals surface area contributed by atoms with Gasteiger partial charge in [0.2, 0.25) is 5.90 Å². The van der Waals surface area contributed by atoms with E-state index in [4.69, 9.17) is 9.47 Å². The number of nitrogens with zero attached hydrogens (tertiary/aromatic N) is 1. The summed E-state index contributed by atoms with van der Waals surface area (Å²) in [6, 6.07) is 12.6. The van der Waals surface area contributed by atoms with Crippen LogP contribution >= 0.6 is 0 Å². The van der Waals surface area contributed by atoms with Crippen molar-refractivity contribution in [2.24, 2.45) is 5.10 Å². The Balaban J connectivity index is 1.64. The molecule has 3 rings (SSSR count). The number of carbonyl (C=O) groups is 1. The van der Waals surface area contributed by atoms with Crippen LogP contribution in [-0.2, 0) is 4.74 Å². The highest BCUT2D eigenvalue weighted by molar-refractivity contribution is 5.97. The first kappa shape index (κ1) is 14.8. The van der Waals surface area contributed by atoms with Crippen molar-refractivity contribution in [3.8, 4) is 5.75 Å². The van der Waals surface area contributed by atoms with Crippen LogP contribution in [0.4, 0.5) is 4.39 Å². The molecule has 118 valence electrons. The highest BCUT2D eigenvalue weighted by Gasteiger charge is 2.23. The third-order valence-electron chi connectivity index (χ3n) is 3.18. The van der Waals surface area contributed by atoms with E-state index in [-0.39, 0.29) is 5.56 Å². The van der Waals surface area contributed by atoms with Crippen molar-refractivity contribution in [1.29, 1.82) is 0 Å². The van der Waals surface area contributed by atoms with Crippen LogP contribution in [-0.4, -0.2) is 25.3 Å². The molecule has 0 saturated heterocycles. The van der Waals surface area contributed by atoms with Crippen LogP contribution in [0.15, 0.2) is 53.6 Å². The summed E-state index contributed by atoms with van der Waals surface area (Å²) in [6.45, 7) is 0. The molecule has 1 aliphatic rings. The number of amides is 1. The molecule has 7 heteroatoms.